The Balaban J connectivity index is 1.97. The zero-order valence-electron chi connectivity index (χ0n) is 20.9. The highest BCUT2D eigenvalue weighted by Gasteiger charge is 2.27. The lowest BCUT2D eigenvalue weighted by atomic mass is 10.1. The molecule has 0 fully saturated rings. The molecule has 0 saturated carbocycles. The summed E-state index contributed by atoms with van der Waals surface area (Å²) in [5.41, 5.74) is 3.31. The quantitative estimate of drug-likeness (QED) is 0.272. The van der Waals surface area contributed by atoms with E-state index in [1.54, 1.807) is 21.1 Å². The number of methoxy groups -OCH3 is 2. The molecular formula is C26H31ClN4O3S. The number of aromatic nitrogens is 2. The van der Waals surface area contributed by atoms with Gasteiger partial charge in [-0.3, -0.25) is 0 Å². The van der Waals surface area contributed by atoms with Crippen molar-refractivity contribution in [3.05, 3.63) is 76.4 Å². The molecule has 1 heterocycles. The summed E-state index contributed by atoms with van der Waals surface area (Å²) in [6, 6.07) is 17.6. The van der Waals surface area contributed by atoms with Gasteiger partial charge < -0.3 is 18.9 Å². The second-order valence-corrected chi connectivity index (χ2v) is 11.3. The standard InChI is InChI=1S/C26H31ClN4O3S/c1-18(30-35(32)26(2,3)4)23-15-24(28-29-25(23)27)31(16-19-7-11-21(33-5)12-8-19)17-20-9-13-22(34-6)14-10-20/h7-15H,16-17H2,1-6H3/b30-18+/t35-/m1/s1. The minimum absolute atomic E-state index is 0.217. The highest BCUT2D eigenvalue weighted by Crippen LogP contribution is 2.25. The predicted molar refractivity (Wildman–Crippen MR) is 143 cm³/mol. The van der Waals surface area contributed by atoms with E-state index in [2.05, 4.69) is 19.5 Å². The molecule has 2 aromatic carbocycles. The van der Waals surface area contributed by atoms with Gasteiger partial charge in [0.05, 0.1) is 19.9 Å². The molecule has 0 bridgehead atoms. The Bertz CT molecular complexity index is 1100. The van der Waals surface area contributed by atoms with Crippen molar-refractivity contribution in [3.8, 4) is 11.5 Å². The van der Waals surface area contributed by atoms with Gasteiger partial charge in [-0.25, -0.2) is 0 Å². The van der Waals surface area contributed by atoms with Gasteiger partial charge in [0.25, 0.3) is 0 Å². The molecule has 0 radical (unpaired) electrons. The van der Waals surface area contributed by atoms with Gasteiger partial charge in [0, 0.05) is 18.7 Å². The van der Waals surface area contributed by atoms with Crippen LogP contribution in [0.25, 0.3) is 0 Å². The average Bonchev–Trinajstić information content (AvgIpc) is 2.84. The number of nitrogens with zero attached hydrogens (tertiary/aromatic N) is 4. The van der Waals surface area contributed by atoms with Crippen LogP contribution < -0.4 is 14.4 Å². The molecule has 1 aromatic heterocycles. The summed E-state index contributed by atoms with van der Waals surface area (Å²) >= 11 is 4.96. The van der Waals surface area contributed by atoms with E-state index in [-0.39, 0.29) is 5.15 Å². The van der Waals surface area contributed by atoms with E-state index in [4.69, 9.17) is 21.1 Å². The van der Waals surface area contributed by atoms with E-state index < -0.39 is 16.1 Å². The van der Waals surface area contributed by atoms with Crippen LogP contribution in [-0.2, 0) is 24.5 Å². The first-order valence-corrected chi connectivity index (χ1v) is 12.6. The molecule has 1 atom stereocenters. The second-order valence-electron chi connectivity index (χ2n) is 9.00. The van der Waals surface area contributed by atoms with Crippen molar-refractivity contribution >= 4 is 34.5 Å². The Hall–Kier alpha value is -2.81. The molecular weight excluding hydrogens is 484 g/mol. The van der Waals surface area contributed by atoms with Crippen LogP contribution in [0.3, 0.4) is 0 Å². The molecule has 0 amide bonds. The summed E-state index contributed by atoms with van der Waals surface area (Å²) in [6.07, 6.45) is 0. The topological polar surface area (TPSA) is 82.9 Å². The van der Waals surface area contributed by atoms with Crippen molar-refractivity contribution in [1.82, 2.24) is 10.2 Å². The van der Waals surface area contributed by atoms with Gasteiger partial charge in [-0.2, -0.15) is 0 Å². The van der Waals surface area contributed by atoms with E-state index in [1.807, 2.05) is 75.4 Å². The Morgan fingerprint density at radius 2 is 1.43 bits per heavy atom. The number of hydrogen-bond acceptors (Lipinski definition) is 7. The zero-order chi connectivity index (χ0) is 25.6. The minimum atomic E-state index is -1.42. The first kappa shape index (κ1) is 26.8. The number of rotatable bonds is 9. The predicted octanol–water partition coefficient (Wildman–Crippen LogP) is 5.63. The van der Waals surface area contributed by atoms with Crippen molar-refractivity contribution in [3.63, 3.8) is 0 Å². The molecule has 3 rings (SSSR count). The third kappa shape index (κ3) is 7.34. The van der Waals surface area contributed by atoms with Crippen LogP contribution in [0.15, 0.2) is 59.0 Å². The number of hydrogen-bond donors (Lipinski definition) is 0. The summed E-state index contributed by atoms with van der Waals surface area (Å²) in [5.74, 6) is 2.22. The smallest absolute Gasteiger partial charge is 0.161 e. The van der Waals surface area contributed by atoms with E-state index in [9.17, 15) is 4.55 Å². The monoisotopic (exact) mass is 514 g/mol. The zero-order valence-corrected chi connectivity index (χ0v) is 22.5. The highest BCUT2D eigenvalue weighted by atomic mass is 35.5. The van der Waals surface area contributed by atoms with Gasteiger partial charge >= 0.3 is 0 Å². The van der Waals surface area contributed by atoms with Gasteiger partial charge in [0.15, 0.2) is 11.0 Å². The fourth-order valence-electron chi connectivity index (χ4n) is 3.21. The maximum absolute atomic E-state index is 12.6. The largest absolute Gasteiger partial charge is 0.591 e. The van der Waals surface area contributed by atoms with E-state index in [1.165, 1.54) is 0 Å². The fraction of sp³-hybridized carbons (Fsp3) is 0.346. The molecule has 3 aromatic rings. The van der Waals surface area contributed by atoms with Crippen LogP contribution in [0.4, 0.5) is 5.82 Å². The molecule has 35 heavy (non-hydrogen) atoms. The Morgan fingerprint density at radius 1 is 0.943 bits per heavy atom. The lowest BCUT2D eigenvalue weighted by molar-refractivity contribution is 0.414. The molecule has 0 spiro atoms. The maximum atomic E-state index is 12.6. The fourth-order valence-corrected chi connectivity index (χ4v) is 4.06. The third-order valence-electron chi connectivity index (χ3n) is 5.26. The normalized spacial score (nSPS) is 12.9. The number of halogens is 1. The maximum Gasteiger partial charge on any atom is 0.161 e. The summed E-state index contributed by atoms with van der Waals surface area (Å²) in [4.78, 5) is 2.10. The SMILES string of the molecule is COc1ccc(CN(Cc2ccc(OC)cc2)c2cc(/C(C)=N/[S@+]([O-])C(C)(C)C)c(Cl)nn2)cc1. The highest BCUT2D eigenvalue weighted by molar-refractivity contribution is 7.91. The first-order chi connectivity index (χ1) is 16.6. The average molecular weight is 515 g/mol. The lowest BCUT2D eigenvalue weighted by Crippen LogP contribution is -2.27. The van der Waals surface area contributed by atoms with Crippen molar-refractivity contribution in [2.24, 2.45) is 4.40 Å². The van der Waals surface area contributed by atoms with E-state index >= 15 is 0 Å². The molecule has 0 aliphatic carbocycles. The minimum Gasteiger partial charge on any atom is -0.591 e. The van der Waals surface area contributed by atoms with Crippen molar-refractivity contribution in [2.45, 2.75) is 45.5 Å². The summed E-state index contributed by atoms with van der Waals surface area (Å²) in [7, 11) is 3.29. The molecule has 0 unspecified atom stereocenters. The van der Waals surface area contributed by atoms with Crippen LogP contribution in [0.2, 0.25) is 5.15 Å². The van der Waals surface area contributed by atoms with Gasteiger partial charge in [0.2, 0.25) is 0 Å². The van der Waals surface area contributed by atoms with Crippen molar-refractivity contribution < 1.29 is 14.0 Å². The van der Waals surface area contributed by atoms with Gasteiger partial charge in [0.1, 0.15) is 27.6 Å². The van der Waals surface area contributed by atoms with Crippen LogP contribution in [-0.4, -0.2) is 39.4 Å². The molecule has 7 nitrogen and oxygen atoms in total. The van der Waals surface area contributed by atoms with E-state index in [0.29, 0.717) is 30.2 Å². The summed E-state index contributed by atoms with van der Waals surface area (Å²) < 4.78 is 27.0. The molecule has 186 valence electrons. The van der Waals surface area contributed by atoms with Crippen molar-refractivity contribution in [2.75, 3.05) is 19.1 Å². The number of benzene rings is 2. The van der Waals surface area contributed by atoms with Crippen LogP contribution in [0.1, 0.15) is 44.4 Å². The first-order valence-electron chi connectivity index (χ1n) is 11.1. The molecule has 0 saturated heterocycles. The van der Waals surface area contributed by atoms with E-state index in [0.717, 1.165) is 22.6 Å². The summed E-state index contributed by atoms with van der Waals surface area (Å²) in [5, 5.41) is 8.77. The molecule has 0 aliphatic heterocycles. The number of ether oxygens (including phenoxy) is 2. The number of anilines is 1. The van der Waals surface area contributed by atoms with Gasteiger partial charge in [-0.05, 0) is 69.2 Å². The van der Waals surface area contributed by atoms with Crippen molar-refractivity contribution in [1.29, 1.82) is 0 Å². The van der Waals surface area contributed by atoms with Crippen LogP contribution in [0, 0.1) is 0 Å². The van der Waals surface area contributed by atoms with Crippen LogP contribution in [0.5, 0.6) is 11.5 Å². The molecule has 0 N–H and O–H groups in total. The lowest BCUT2D eigenvalue weighted by Gasteiger charge is -2.24. The third-order valence-corrected chi connectivity index (χ3v) is 7.03. The van der Waals surface area contributed by atoms with Gasteiger partial charge in [-0.15, -0.1) is 10.2 Å². The summed E-state index contributed by atoms with van der Waals surface area (Å²) in [6.45, 7) is 8.58. The Morgan fingerprint density at radius 3 is 1.86 bits per heavy atom. The Kier molecular flexibility index (Phi) is 8.99. The Labute approximate surface area is 215 Å². The molecule has 0 aliphatic rings. The van der Waals surface area contributed by atoms with Crippen LogP contribution >= 0.6 is 11.6 Å². The molecule has 9 heteroatoms. The second kappa shape index (κ2) is 11.7. The van der Waals surface area contributed by atoms with Gasteiger partial charge in [-0.1, -0.05) is 40.3 Å².